The second-order valence-corrected chi connectivity index (χ2v) is 6.19. The van der Waals surface area contributed by atoms with Gasteiger partial charge in [0.05, 0.1) is 6.20 Å². The molecule has 9 heteroatoms. The van der Waals surface area contributed by atoms with Crippen molar-refractivity contribution in [2.75, 3.05) is 6.26 Å². The molecule has 0 spiro atoms. The summed E-state index contributed by atoms with van der Waals surface area (Å²) in [6.45, 7) is 1.75. The molecule has 20 heavy (non-hydrogen) atoms. The number of hydrogen-bond acceptors (Lipinski definition) is 7. The Morgan fingerprint density at radius 2 is 2.05 bits per heavy atom. The number of nitrogens with zero attached hydrogens (tertiary/aromatic N) is 4. The highest BCUT2D eigenvalue weighted by Crippen LogP contribution is 2.25. The van der Waals surface area contributed by atoms with E-state index >= 15 is 0 Å². The Morgan fingerprint density at radius 1 is 1.30 bits per heavy atom. The number of hydrogen-bond donors (Lipinski definition) is 1. The summed E-state index contributed by atoms with van der Waals surface area (Å²) in [5.41, 5.74) is 0.00415. The summed E-state index contributed by atoms with van der Waals surface area (Å²) in [4.78, 5) is 7.77. The molecule has 8 nitrogen and oxygen atoms in total. The van der Waals surface area contributed by atoms with Crippen LogP contribution in [0.25, 0.3) is 17.2 Å². The van der Waals surface area contributed by atoms with Crippen LogP contribution in [0, 0.1) is 6.92 Å². The lowest BCUT2D eigenvalue weighted by molar-refractivity contribution is 0.479. The Balaban J connectivity index is 2.40. The topological polar surface area (TPSA) is 111 Å². The lowest BCUT2D eigenvalue weighted by atomic mass is 10.4. The summed E-state index contributed by atoms with van der Waals surface area (Å²) < 4.78 is 29.9. The van der Waals surface area contributed by atoms with Crippen molar-refractivity contribution in [2.24, 2.45) is 0 Å². The summed E-state index contributed by atoms with van der Waals surface area (Å²) in [5.74, 6) is 0.901. The van der Waals surface area contributed by atoms with Gasteiger partial charge in [0.1, 0.15) is 5.76 Å². The molecule has 0 aliphatic carbocycles. The van der Waals surface area contributed by atoms with Gasteiger partial charge in [-0.2, -0.15) is 19.6 Å². The van der Waals surface area contributed by atoms with Crippen molar-refractivity contribution >= 4 is 15.5 Å². The predicted molar refractivity (Wildman–Crippen MR) is 68.0 cm³/mol. The molecule has 0 atom stereocenters. The van der Waals surface area contributed by atoms with Crippen LogP contribution >= 0.6 is 0 Å². The van der Waals surface area contributed by atoms with E-state index in [1.807, 2.05) is 0 Å². The van der Waals surface area contributed by atoms with Crippen molar-refractivity contribution in [3.63, 3.8) is 0 Å². The largest absolute Gasteiger partial charge is 0.503 e. The van der Waals surface area contributed by atoms with Crippen LogP contribution in [-0.2, 0) is 9.84 Å². The number of aromatic hydroxyl groups is 1. The van der Waals surface area contributed by atoms with E-state index in [4.69, 9.17) is 4.42 Å². The molecule has 0 fully saturated rings. The van der Waals surface area contributed by atoms with Crippen molar-refractivity contribution in [1.29, 1.82) is 0 Å². The van der Waals surface area contributed by atoms with Gasteiger partial charge in [-0.05, 0) is 19.1 Å². The second kappa shape index (κ2) is 4.04. The van der Waals surface area contributed by atoms with Gasteiger partial charge in [0.25, 0.3) is 5.16 Å². The van der Waals surface area contributed by atoms with Crippen LogP contribution in [0.4, 0.5) is 0 Å². The fourth-order valence-corrected chi connectivity index (χ4v) is 2.23. The standard InChI is InChI=1S/C11H10N4O4S/c1-6-3-4-8(19-6)10-14-11(20(2,17)18)13-9-7(16)5-12-15(9)10/h3-5,16H,1-2H3. The first kappa shape index (κ1) is 12.6. The first-order chi connectivity index (χ1) is 9.36. The molecule has 0 aliphatic heterocycles. The Kier molecular flexibility index (Phi) is 2.54. The third-order valence-electron chi connectivity index (χ3n) is 2.62. The predicted octanol–water partition coefficient (Wildman–Crippen LogP) is 0.802. The molecule has 0 aromatic carbocycles. The van der Waals surface area contributed by atoms with E-state index in [9.17, 15) is 13.5 Å². The molecule has 3 aromatic heterocycles. The smallest absolute Gasteiger partial charge is 0.251 e. The van der Waals surface area contributed by atoms with Crippen molar-refractivity contribution < 1.29 is 17.9 Å². The van der Waals surface area contributed by atoms with Gasteiger partial charge in [-0.25, -0.2) is 8.42 Å². The lowest BCUT2D eigenvalue weighted by Gasteiger charge is -2.03. The van der Waals surface area contributed by atoms with Crippen LogP contribution in [0.2, 0.25) is 0 Å². The molecule has 3 aromatic rings. The van der Waals surface area contributed by atoms with Gasteiger partial charge in [0.15, 0.2) is 11.5 Å². The zero-order chi connectivity index (χ0) is 14.5. The van der Waals surface area contributed by atoms with E-state index in [-0.39, 0.29) is 17.2 Å². The molecule has 0 amide bonds. The van der Waals surface area contributed by atoms with Crippen LogP contribution < -0.4 is 0 Å². The van der Waals surface area contributed by atoms with Gasteiger partial charge in [0, 0.05) is 6.26 Å². The third-order valence-corrected chi connectivity index (χ3v) is 3.47. The number of aryl methyl sites for hydroxylation is 1. The molecular weight excluding hydrogens is 284 g/mol. The van der Waals surface area contributed by atoms with Crippen molar-refractivity contribution in [3.05, 3.63) is 24.1 Å². The van der Waals surface area contributed by atoms with Crippen LogP contribution in [0.15, 0.2) is 27.9 Å². The van der Waals surface area contributed by atoms with Gasteiger partial charge in [0.2, 0.25) is 21.3 Å². The summed E-state index contributed by atoms with van der Waals surface area (Å²) in [6, 6.07) is 3.36. The molecule has 3 heterocycles. The normalized spacial score (nSPS) is 12.1. The third kappa shape index (κ3) is 1.92. The van der Waals surface area contributed by atoms with Crippen molar-refractivity contribution in [2.45, 2.75) is 12.1 Å². The van der Waals surface area contributed by atoms with Gasteiger partial charge in [-0.3, -0.25) is 0 Å². The molecule has 1 N–H and O–H groups in total. The Labute approximate surface area is 113 Å². The van der Waals surface area contributed by atoms with Crippen LogP contribution in [0.5, 0.6) is 5.75 Å². The van der Waals surface area contributed by atoms with E-state index in [1.54, 1.807) is 19.1 Å². The Bertz CT molecular complexity index is 910. The first-order valence-electron chi connectivity index (χ1n) is 5.58. The van der Waals surface area contributed by atoms with Gasteiger partial charge in [-0.15, -0.1) is 0 Å². The minimum Gasteiger partial charge on any atom is -0.503 e. The molecule has 0 unspecified atom stereocenters. The van der Waals surface area contributed by atoms with Crippen LogP contribution in [0.3, 0.4) is 0 Å². The van der Waals surface area contributed by atoms with Gasteiger partial charge < -0.3 is 9.52 Å². The van der Waals surface area contributed by atoms with E-state index in [2.05, 4.69) is 15.1 Å². The van der Waals surface area contributed by atoms with Gasteiger partial charge in [-0.1, -0.05) is 0 Å². The zero-order valence-corrected chi connectivity index (χ0v) is 11.4. The highest BCUT2D eigenvalue weighted by atomic mass is 32.2. The molecule has 0 saturated heterocycles. The maximum Gasteiger partial charge on any atom is 0.251 e. The summed E-state index contributed by atoms with van der Waals surface area (Å²) in [6.07, 6.45) is 2.15. The summed E-state index contributed by atoms with van der Waals surface area (Å²) in [7, 11) is -3.63. The van der Waals surface area contributed by atoms with Crippen LogP contribution in [-0.4, -0.2) is 39.4 Å². The second-order valence-electron chi connectivity index (χ2n) is 4.28. The SMILES string of the molecule is Cc1ccc(-c2nc(S(C)(=O)=O)nc3c(O)cnn23)o1. The number of fused-ring (bicyclic) bond motifs is 1. The maximum atomic E-state index is 11.6. The van der Waals surface area contributed by atoms with E-state index in [1.165, 1.54) is 4.52 Å². The van der Waals surface area contributed by atoms with Crippen LogP contribution in [0.1, 0.15) is 5.76 Å². The summed E-state index contributed by atoms with van der Waals surface area (Å²) in [5, 5.41) is 13.2. The molecular formula is C11H10N4O4S. The number of rotatable bonds is 2. The number of sulfone groups is 1. The number of furan rings is 1. The van der Waals surface area contributed by atoms with E-state index in [0.717, 1.165) is 12.5 Å². The molecule has 104 valence electrons. The van der Waals surface area contributed by atoms with E-state index in [0.29, 0.717) is 11.5 Å². The van der Waals surface area contributed by atoms with Crippen molar-refractivity contribution in [1.82, 2.24) is 19.6 Å². The molecule has 0 aliphatic rings. The zero-order valence-electron chi connectivity index (χ0n) is 10.6. The molecule has 0 saturated carbocycles. The highest BCUT2D eigenvalue weighted by Gasteiger charge is 2.20. The number of aromatic nitrogens is 4. The average molecular weight is 294 g/mol. The van der Waals surface area contributed by atoms with E-state index < -0.39 is 15.0 Å². The molecule has 0 radical (unpaired) electrons. The fraction of sp³-hybridized carbons (Fsp3) is 0.182. The monoisotopic (exact) mass is 294 g/mol. The van der Waals surface area contributed by atoms with Gasteiger partial charge >= 0.3 is 0 Å². The molecule has 0 bridgehead atoms. The lowest BCUT2D eigenvalue weighted by Crippen LogP contribution is -2.09. The first-order valence-corrected chi connectivity index (χ1v) is 7.47. The Morgan fingerprint density at radius 3 is 2.65 bits per heavy atom. The minimum atomic E-state index is -3.63. The quantitative estimate of drug-likeness (QED) is 0.744. The fourth-order valence-electron chi connectivity index (χ4n) is 1.73. The molecule has 3 rings (SSSR count). The average Bonchev–Trinajstić information content (AvgIpc) is 2.94. The van der Waals surface area contributed by atoms with Crippen molar-refractivity contribution in [3.8, 4) is 17.3 Å². The summed E-state index contributed by atoms with van der Waals surface area (Å²) >= 11 is 0. The Hall–Kier alpha value is -2.42. The maximum absolute atomic E-state index is 11.6. The highest BCUT2D eigenvalue weighted by molar-refractivity contribution is 7.90. The minimum absolute atomic E-state index is 0.00415.